The first-order valence-electron chi connectivity index (χ1n) is 7.28. The van der Waals surface area contributed by atoms with Crippen LogP contribution in [0.4, 0.5) is 0 Å². The largest absolute Gasteiger partial charge is 0.323 e. The van der Waals surface area contributed by atoms with Crippen LogP contribution in [-0.2, 0) is 19.3 Å². The fraction of sp³-hybridized carbons (Fsp3) is 0.600. The Balaban J connectivity index is 0. The number of rotatable bonds is 11. The molecule has 1 aromatic carbocycles. The van der Waals surface area contributed by atoms with Gasteiger partial charge in [0, 0.05) is 59.1 Å². The van der Waals surface area contributed by atoms with Crippen molar-refractivity contribution in [1.29, 1.82) is 0 Å². The summed E-state index contributed by atoms with van der Waals surface area (Å²) >= 11 is 0. The third-order valence-corrected chi connectivity index (χ3v) is 4.13. The molecule has 0 atom stereocenters. The van der Waals surface area contributed by atoms with Gasteiger partial charge in [0.1, 0.15) is 0 Å². The number of hydrogen-bond acceptors (Lipinski definition) is 4. The molecule has 0 fully saturated rings. The molecule has 2 radical (unpaired) electrons. The molecule has 0 unspecified atom stereocenters. The fourth-order valence-electron chi connectivity index (χ4n) is 1.84. The summed E-state index contributed by atoms with van der Waals surface area (Å²) in [6.45, 7) is 2.50. The van der Waals surface area contributed by atoms with Gasteiger partial charge in [0.25, 0.3) is 0 Å². The van der Waals surface area contributed by atoms with Crippen LogP contribution in [-0.4, -0.2) is 74.1 Å². The van der Waals surface area contributed by atoms with Gasteiger partial charge in [0.2, 0.25) is 0 Å². The SMILES string of the molecule is CCCCCCCCCOOS(=O)(=O)c1ccccc1.[Na].[Na]. The van der Waals surface area contributed by atoms with E-state index in [0.29, 0.717) is 6.61 Å². The molecule has 0 bridgehead atoms. The van der Waals surface area contributed by atoms with Gasteiger partial charge in [-0.2, -0.15) is 8.42 Å². The number of hydrogen-bond donors (Lipinski definition) is 0. The van der Waals surface area contributed by atoms with E-state index in [-0.39, 0.29) is 64.0 Å². The van der Waals surface area contributed by atoms with Crippen LogP contribution in [0.2, 0.25) is 0 Å². The Morgan fingerprint density at radius 3 is 2.00 bits per heavy atom. The summed E-state index contributed by atoms with van der Waals surface area (Å²) < 4.78 is 27.9. The molecule has 116 valence electrons. The van der Waals surface area contributed by atoms with E-state index < -0.39 is 10.1 Å². The van der Waals surface area contributed by atoms with Crippen molar-refractivity contribution in [2.75, 3.05) is 6.61 Å². The van der Waals surface area contributed by atoms with Crippen LogP contribution in [0.5, 0.6) is 0 Å². The Labute approximate surface area is 179 Å². The van der Waals surface area contributed by atoms with Gasteiger partial charge in [-0.1, -0.05) is 63.6 Å². The van der Waals surface area contributed by atoms with Crippen LogP contribution in [0.1, 0.15) is 51.9 Å². The molecule has 4 nitrogen and oxygen atoms in total. The fourth-order valence-corrected chi connectivity index (χ4v) is 2.61. The molecule has 0 amide bonds. The predicted octanol–water partition coefficient (Wildman–Crippen LogP) is 3.31. The molecule has 0 heterocycles. The van der Waals surface area contributed by atoms with E-state index in [2.05, 4.69) is 11.3 Å². The molecular weight excluding hydrogens is 322 g/mol. The van der Waals surface area contributed by atoms with Crippen LogP contribution in [0.15, 0.2) is 35.2 Å². The van der Waals surface area contributed by atoms with Crippen LogP contribution in [0, 0.1) is 0 Å². The van der Waals surface area contributed by atoms with E-state index in [1.54, 1.807) is 18.2 Å². The Kier molecular flexibility index (Phi) is 18.0. The molecular formula is C15H24Na2O4S. The molecule has 0 saturated carbocycles. The van der Waals surface area contributed by atoms with E-state index in [4.69, 9.17) is 4.89 Å². The van der Waals surface area contributed by atoms with Gasteiger partial charge in [-0.25, -0.2) is 4.89 Å². The molecule has 1 aromatic rings. The normalized spacial score (nSPS) is 10.6. The Morgan fingerprint density at radius 1 is 0.864 bits per heavy atom. The second-order valence-electron chi connectivity index (χ2n) is 4.78. The van der Waals surface area contributed by atoms with Gasteiger partial charge in [-0.3, -0.25) is 0 Å². The van der Waals surface area contributed by atoms with Gasteiger partial charge in [0.05, 0.1) is 11.5 Å². The third-order valence-electron chi connectivity index (χ3n) is 3.00. The summed E-state index contributed by atoms with van der Waals surface area (Å²) in [6, 6.07) is 8.00. The van der Waals surface area contributed by atoms with Crippen molar-refractivity contribution in [3.8, 4) is 0 Å². The Morgan fingerprint density at radius 2 is 1.41 bits per heavy atom. The molecule has 0 aliphatic rings. The topological polar surface area (TPSA) is 52.6 Å². The van der Waals surface area contributed by atoms with Crippen molar-refractivity contribution in [2.24, 2.45) is 0 Å². The van der Waals surface area contributed by atoms with Crippen molar-refractivity contribution in [1.82, 2.24) is 0 Å². The average molecular weight is 346 g/mol. The standard InChI is InChI=1S/C15H24O4S.2Na/c1-2-3-4-5-6-7-11-14-18-19-20(16,17)15-12-9-8-10-13-15;;/h8-10,12-13H,2-7,11,14H2,1H3;;. The van der Waals surface area contributed by atoms with Crippen LogP contribution >= 0.6 is 0 Å². The van der Waals surface area contributed by atoms with Crippen molar-refractivity contribution >= 4 is 69.2 Å². The Hall–Kier alpha value is 1.09. The molecule has 22 heavy (non-hydrogen) atoms. The summed E-state index contributed by atoms with van der Waals surface area (Å²) in [4.78, 5) is 4.90. The molecule has 0 aliphatic heterocycles. The zero-order valence-corrected chi connectivity index (χ0v) is 18.9. The first-order valence-corrected chi connectivity index (χ1v) is 8.69. The van der Waals surface area contributed by atoms with Crippen molar-refractivity contribution in [3.05, 3.63) is 30.3 Å². The second kappa shape index (κ2) is 15.6. The zero-order valence-electron chi connectivity index (χ0n) is 14.1. The van der Waals surface area contributed by atoms with E-state index >= 15 is 0 Å². The first-order chi connectivity index (χ1) is 9.67. The van der Waals surface area contributed by atoms with E-state index in [1.807, 2.05) is 0 Å². The van der Waals surface area contributed by atoms with E-state index in [9.17, 15) is 8.42 Å². The summed E-state index contributed by atoms with van der Waals surface area (Å²) in [5.41, 5.74) is 0. The minimum Gasteiger partial charge on any atom is -0.220 e. The average Bonchev–Trinajstić information content (AvgIpc) is 2.46. The van der Waals surface area contributed by atoms with Crippen LogP contribution in [0.25, 0.3) is 0 Å². The monoisotopic (exact) mass is 346 g/mol. The molecule has 0 aliphatic carbocycles. The minimum absolute atomic E-state index is 0. The minimum atomic E-state index is -3.79. The number of benzene rings is 1. The molecule has 0 N–H and O–H groups in total. The number of unbranched alkanes of at least 4 members (excludes halogenated alkanes) is 6. The maximum Gasteiger partial charge on any atom is 0.323 e. The van der Waals surface area contributed by atoms with Gasteiger partial charge in [-0.15, -0.1) is 4.33 Å². The quantitative estimate of drug-likeness (QED) is 0.267. The van der Waals surface area contributed by atoms with Crippen LogP contribution < -0.4 is 0 Å². The second-order valence-corrected chi connectivity index (χ2v) is 6.29. The van der Waals surface area contributed by atoms with Gasteiger partial charge in [0.15, 0.2) is 0 Å². The van der Waals surface area contributed by atoms with Crippen molar-refractivity contribution < 1.29 is 17.6 Å². The summed E-state index contributed by atoms with van der Waals surface area (Å²) in [6.07, 6.45) is 8.06. The first kappa shape index (κ1) is 25.3. The van der Waals surface area contributed by atoms with Crippen molar-refractivity contribution in [2.45, 2.75) is 56.8 Å². The third kappa shape index (κ3) is 11.6. The predicted molar refractivity (Wildman–Crippen MR) is 90.2 cm³/mol. The Bertz CT molecular complexity index is 452. The van der Waals surface area contributed by atoms with E-state index in [1.165, 1.54) is 37.8 Å². The summed E-state index contributed by atoms with van der Waals surface area (Å²) in [7, 11) is -3.79. The summed E-state index contributed by atoms with van der Waals surface area (Å²) in [5.74, 6) is 0. The van der Waals surface area contributed by atoms with Crippen LogP contribution in [0.3, 0.4) is 0 Å². The van der Waals surface area contributed by atoms with Gasteiger partial charge in [-0.05, 0) is 18.6 Å². The molecule has 0 aromatic heterocycles. The maximum atomic E-state index is 11.7. The molecule has 0 saturated heterocycles. The summed E-state index contributed by atoms with van der Waals surface area (Å²) in [5, 5.41) is 0. The zero-order chi connectivity index (χ0) is 14.7. The molecule has 0 spiro atoms. The molecule has 1 rings (SSSR count). The smallest absolute Gasteiger partial charge is 0.220 e. The van der Waals surface area contributed by atoms with Crippen molar-refractivity contribution in [3.63, 3.8) is 0 Å². The van der Waals surface area contributed by atoms with Gasteiger partial charge >= 0.3 is 10.1 Å². The van der Waals surface area contributed by atoms with Gasteiger partial charge < -0.3 is 0 Å². The maximum absolute atomic E-state index is 11.7. The molecule has 7 heteroatoms. The van der Waals surface area contributed by atoms with E-state index in [0.717, 1.165) is 19.3 Å².